The van der Waals surface area contributed by atoms with Gasteiger partial charge in [0.1, 0.15) is 6.10 Å². The zero-order valence-electron chi connectivity index (χ0n) is 9.95. The molecule has 0 aromatic heterocycles. The van der Waals surface area contributed by atoms with Gasteiger partial charge in [0, 0.05) is 18.8 Å². The Labute approximate surface area is 101 Å². The summed E-state index contributed by atoms with van der Waals surface area (Å²) < 4.78 is 5.39. The van der Waals surface area contributed by atoms with E-state index in [0.717, 1.165) is 12.8 Å². The number of hydrogen-bond acceptors (Lipinski definition) is 3. The van der Waals surface area contributed by atoms with Crippen LogP contribution in [0.4, 0.5) is 0 Å². The zero-order valence-corrected chi connectivity index (χ0v) is 9.95. The van der Waals surface area contributed by atoms with Crippen molar-refractivity contribution >= 4 is 5.97 Å². The maximum absolute atomic E-state index is 11.1. The van der Waals surface area contributed by atoms with Gasteiger partial charge in [-0.25, -0.2) is 0 Å². The van der Waals surface area contributed by atoms with Crippen molar-refractivity contribution in [2.75, 3.05) is 0 Å². The van der Waals surface area contributed by atoms with Gasteiger partial charge in [0.25, 0.3) is 0 Å². The molecule has 0 saturated heterocycles. The molecule has 92 valence electrons. The van der Waals surface area contributed by atoms with E-state index >= 15 is 0 Å². The predicted octanol–water partition coefficient (Wildman–Crippen LogP) is 1.68. The first-order valence-corrected chi connectivity index (χ1v) is 6.39. The van der Waals surface area contributed by atoms with E-state index in [0.29, 0.717) is 11.8 Å². The lowest BCUT2D eigenvalue weighted by atomic mass is 9.57. The maximum atomic E-state index is 11.1. The Bertz CT molecular complexity index is 385. The van der Waals surface area contributed by atoms with Crippen LogP contribution in [0, 0.1) is 23.7 Å². The van der Waals surface area contributed by atoms with Crippen LogP contribution in [0.25, 0.3) is 0 Å². The van der Waals surface area contributed by atoms with Crippen LogP contribution in [0.3, 0.4) is 0 Å². The standard InChI is InChI=1S/C14H18O3/c1-8(15)17-12-7-6-11(16)13-9-2-4-10(5-3-9)14(12)13/h2,4,6-7,9-14,16H,3,5H2,1H3/t9-,10+,11+,12-,13-,14-/m1/s1. The van der Waals surface area contributed by atoms with Crippen LogP contribution < -0.4 is 0 Å². The molecule has 0 spiro atoms. The molecule has 0 radical (unpaired) electrons. The summed E-state index contributed by atoms with van der Waals surface area (Å²) in [4.78, 5) is 11.1. The fourth-order valence-corrected chi connectivity index (χ4v) is 3.81. The Morgan fingerprint density at radius 1 is 1.12 bits per heavy atom. The molecule has 0 aromatic carbocycles. The summed E-state index contributed by atoms with van der Waals surface area (Å²) in [7, 11) is 0. The second-order valence-corrected chi connectivity index (χ2v) is 5.39. The van der Waals surface area contributed by atoms with Crippen molar-refractivity contribution in [3.63, 3.8) is 0 Å². The van der Waals surface area contributed by atoms with E-state index < -0.39 is 0 Å². The number of rotatable bonds is 1. The van der Waals surface area contributed by atoms with Crippen LogP contribution in [0.1, 0.15) is 19.8 Å². The Morgan fingerprint density at radius 2 is 1.76 bits per heavy atom. The van der Waals surface area contributed by atoms with E-state index in [2.05, 4.69) is 12.2 Å². The fraction of sp³-hybridized carbons (Fsp3) is 0.643. The minimum Gasteiger partial charge on any atom is -0.458 e. The van der Waals surface area contributed by atoms with Gasteiger partial charge < -0.3 is 9.84 Å². The van der Waals surface area contributed by atoms with Gasteiger partial charge >= 0.3 is 5.97 Å². The molecule has 3 nitrogen and oxygen atoms in total. The average Bonchev–Trinajstić information content (AvgIpc) is 2.33. The molecular weight excluding hydrogens is 216 g/mol. The van der Waals surface area contributed by atoms with E-state index in [9.17, 15) is 9.90 Å². The first-order chi connectivity index (χ1) is 8.16. The molecule has 2 bridgehead atoms. The fourth-order valence-electron chi connectivity index (χ4n) is 3.81. The number of ether oxygens (including phenoxy) is 1. The highest BCUT2D eigenvalue weighted by molar-refractivity contribution is 5.66. The minimum absolute atomic E-state index is 0.154. The summed E-state index contributed by atoms with van der Waals surface area (Å²) >= 11 is 0. The lowest BCUT2D eigenvalue weighted by Gasteiger charge is -2.50. The van der Waals surface area contributed by atoms with Crippen molar-refractivity contribution in [3.8, 4) is 0 Å². The van der Waals surface area contributed by atoms with Gasteiger partial charge in [0.05, 0.1) is 6.10 Å². The van der Waals surface area contributed by atoms with Crippen LogP contribution in [0.15, 0.2) is 24.3 Å². The Kier molecular flexibility index (Phi) is 2.58. The second kappa shape index (κ2) is 3.98. The van der Waals surface area contributed by atoms with Crippen molar-refractivity contribution < 1.29 is 14.6 Å². The summed E-state index contributed by atoms with van der Waals surface area (Å²) in [5.41, 5.74) is 0. The average molecular weight is 234 g/mol. The van der Waals surface area contributed by atoms with E-state index in [1.54, 1.807) is 6.08 Å². The summed E-state index contributed by atoms with van der Waals surface area (Å²) in [6.45, 7) is 1.45. The molecule has 4 rings (SSSR count). The smallest absolute Gasteiger partial charge is 0.303 e. The van der Waals surface area contributed by atoms with E-state index in [1.807, 2.05) is 6.08 Å². The van der Waals surface area contributed by atoms with Crippen LogP contribution in [0.5, 0.6) is 0 Å². The van der Waals surface area contributed by atoms with Crippen LogP contribution >= 0.6 is 0 Å². The molecule has 4 aliphatic carbocycles. The molecule has 6 atom stereocenters. The lowest BCUT2D eigenvalue weighted by Crippen LogP contribution is -2.50. The molecule has 0 amide bonds. The molecule has 1 N–H and O–H groups in total. The largest absolute Gasteiger partial charge is 0.458 e. The first kappa shape index (κ1) is 11.0. The number of carbonyl (C=O) groups excluding carboxylic acids is 1. The number of hydrogen-bond donors (Lipinski definition) is 1. The van der Waals surface area contributed by atoms with Gasteiger partial charge in [-0.1, -0.05) is 18.2 Å². The zero-order chi connectivity index (χ0) is 12.0. The topological polar surface area (TPSA) is 46.5 Å². The highest BCUT2D eigenvalue weighted by atomic mass is 16.5. The molecule has 0 aliphatic heterocycles. The monoisotopic (exact) mass is 234 g/mol. The van der Waals surface area contributed by atoms with Crippen LogP contribution in [-0.2, 0) is 9.53 Å². The Balaban J connectivity index is 1.91. The third-order valence-corrected chi connectivity index (χ3v) is 4.45. The quantitative estimate of drug-likeness (QED) is 0.554. The summed E-state index contributed by atoms with van der Waals surface area (Å²) in [5.74, 6) is 1.16. The van der Waals surface area contributed by atoms with Gasteiger partial charge in [-0.3, -0.25) is 4.79 Å². The molecule has 1 fully saturated rings. The highest BCUT2D eigenvalue weighted by Gasteiger charge is 2.49. The summed E-state index contributed by atoms with van der Waals surface area (Å²) in [5, 5.41) is 10.1. The van der Waals surface area contributed by atoms with Gasteiger partial charge in [-0.15, -0.1) is 0 Å². The van der Waals surface area contributed by atoms with Crippen molar-refractivity contribution in [2.45, 2.75) is 32.0 Å². The minimum atomic E-state index is -0.385. The Morgan fingerprint density at radius 3 is 2.35 bits per heavy atom. The second-order valence-electron chi connectivity index (χ2n) is 5.39. The Hall–Kier alpha value is -1.09. The summed E-state index contributed by atoms with van der Waals surface area (Å²) in [6, 6.07) is 0. The van der Waals surface area contributed by atoms with E-state index in [4.69, 9.17) is 4.74 Å². The number of fused-ring (bicyclic) bond motifs is 1. The number of carbonyl (C=O) groups is 1. The number of aliphatic hydroxyl groups excluding tert-OH is 1. The highest BCUT2D eigenvalue weighted by Crippen LogP contribution is 2.50. The normalized spacial score (nSPS) is 46.7. The molecular formula is C14H18O3. The molecule has 1 saturated carbocycles. The van der Waals surface area contributed by atoms with Gasteiger partial charge in [0.15, 0.2) is 0 Å². The van der Waals surface area contributed by atoms with Gasteiger partial charge in [-0.05, 0) is 30.8 Å². The maximum Gasteiger partial charge on any atom is 0.303 e. The lowest BCUT2D eigenvalue weighted by molar-refractivity contribution is -0.152. The molecule has 4 aliphatic rings. The van der Waals surface area contributed by atoms with E-state index in [-0.39, 0.29) is 30.0 Å². The molecule has 3 heteroatoms. The third kappa shape index (κ3) is 1.73. The van der Waals surface area contributed by atoms with Crippen LogP contribution in [0.2, 0.25) is 0 Å². The number of esters is 1. The third-order valence-electron chi connectivity index (χ3n) is 4.45. The first-order valence-electron chi connectivity index (χ1n) is 6.39. The molecule has 17 heavy (non-hydrogen) atoms. The van der Waals surface area contributed by atoms with Crippen molar-refractivity contribution in [1.82, 2.24) is 0 Å². The van der Waals surface area contributed by atoms with Crippen molar-refractivity contribution in [1.29, 1.82) is 0 Å². The van der Waals surface area contributed by atoms with Crippen molar-refractivity contribution in [2.24, 2.45) is 23.7 Å². The molecule has 0 unspecified atom stereocenters. The van der Waals surface area contributed by atoms with Gasteiger partial charge in [-0.2, -0.15) is 0 Å². The predicted molar refractivity (Wildman–Crippen MR) is 63.0 cm³/mol. The molecule has 0 heterocycles. The number of aliphatic hydroxyl groups is 1. The number of allylic oxidation sites excluding steroid dienone is 2. The van der Waals surface area contributed by atoms with Crippen molar-refractivity contribution in [3.05, 3.63) is 24.3 Å². The van der Waals surface area contributed by atoms with Crippen LogP contribution in [-0.4, -0.2) is 23.3 Å². The summed E-state index contributed by atoms with van der Waals surface area (Å²) in [6.07, 6.45) is 9.91. The van der Waals surface area contributed by atoms with Gasteiger partial charge in [0.2, 0.25) is 0 Å². The van der Waals surface area contributed by atoms with E-state index in [1.165, 1.54) is 6.92 Å². The SMILES string of the molecule is CC(=O)O[C@@H]1C=C[C@H](O)[C@@H]2[C@@H]1[C@H]1C=C[C@@H]2CC1. The molecule has 0 aromatic rings.